The van der Waals surface area contributed by atoms with Gasteiger partial charge < -0.3 is 4.74 Å². The normalized spacial score (nSPS) is 14.2. The molecule has 2 aliphatic rings. The Kier molecular flexibility index (Phi) is 5.12. The molecule has 2 heterocycles. The quantitative estimate of drug-likeness (QED) is 0.203. The molecule has 0 saturated carbocycles. The summed E-state index contributed by atoms with van der Waals surface area (Å²) >= 11 is 3.69. The molecule has 0 unspecified atom stereocenters. The summed E-state index contributed by atoms with van der Waals surface area (Å²) in [4.78, 5) is 2.34. The predicted octanol–water partition coefficient (Wildman–Crippen LogP) is 12.0. The Morgan fingerprint density at radius 2 is 1.19 bits per heavy atom. The minimum Gasteiger partial charge on any atom is -0.454 e. The van der Waals surface area contributed by atoms with Gasteiger partial charge in [0.05, 0.1) is 9.79 Å². The van der Waals surface area contributed by atoms with Crippen LogP contribution in [0.1, 0.15) is 25.0 Å². The van der Waals surface area contributed by atoms with E-state index in [4.69, 9.17) is 4.74 Å². The topological polar surface area (TPSA) is 9.23 Å². The molecule has 1 aliphatic carbocycles. The Morgan fingerprint density at radius 1 is 0.524 bits per heavy atom. The van der Waals surface area contributed by atoms with Gasteiger partial charge in [-0.1, -0.05) is 129 Å². The molecular formula is C39H26OS2. The van der Waals surface area contributed by atoms with Gasteiger partial charge in [-0.25, -0.2) is 0 Å². The van der Waals surface area contributed by atoms with E-state index in [1.165, 1.54) is 58.4 Å². The van der Waals surface area contributed by atoms with Gasteiger partial charge in [0.1, 0.15) is 11.5 Å². The van der Waals surface area contributed by atoms with Crippen LogP contribution in [0.4, 0.5) is 0 Å². The maximum absolute atomic E-state index is 6.94. The van der Waals surface area contributed by atoms with Gasteiger partial charge in [0.15, 0.2) is 0 Å². The largest absolute Gasteiger partial charge is 0.454 e. The SMILES string of the molecule is CC1(C)c2ccccc2-c2c1ccc1c2Oc2c(cccc2-c2ccc(-c3cccc4c3sc3ccccc34)cc2)S1. The first-order valence-corrected chi connectivity index (χ1v) is 16.0. The maximum Gasteiger partial charge on any atom is 0.149 e. The summed E-state index contributed by atoms with van der Waals surface area (Å²) < 4.78 is 9.62. The zero-order chi connectivity index (χ0) is 28.0. The van der Waals surface area contributed by atoms with Crippen molar-refractivity contribution in [2.45, 2.75) is 29.1 Å². The van der Waals surface area contributed by atoms with Gasteiger partial charge in [-0.3, -0.25) is 0 Å². The highest BCUT2D eigenvalue weighted by Crippen LogP contribution is 2.59. The third-order valence-corrected chi connectivity index (χ3v) is 11.3. The van der Waals surface area contributed by atoms with Crippen LogP contribution in [0.15, 0.2) is 131 Å². The Balaban J connectivity index is 1.14. The van der Waals surface area contributed by atoms with Gasteiger partial charge >= 0.3 is 0 Å². The highest BCUT2D eigenvalue weighted by molar-refractivity contribution is 7.99. The van der Waals surface area contributed by atoms with Gasteiger partial charge in [0, 0.05) is 36.7 Å². The van der Waals surface area contributed by atoms with Crippen LogP contribution < -0.4 is 4.74 Å². The number of para-hydroxylation sites is 1. The molecule has 0 saturated heterocycles. The van der Waals surface area contributed by atoms with Crippen molar-refractivity contribution in [3.63, 3.8) is 0 Å². The third-order valence-electron chi connectivity index (χ3n) is 8.98. The van der Waals surface area contributed by atoms with Crippen molar-refractivity contribution >= 4 is 43.3 Å². The molecule has 0 bridgehead atoms. The fourth-order valence-corrected chi connectivity index (χ4v) is 9.12. The molecule has 3 heteroatoms. The summed E-state index contributed by atoms with van der Waals surface area (Å²) in [6, 6.07) is 44.2. The molecule has 9 rings (SSSR count). The van der Waals surface area contributed by atoms with Crippen LogP contribution in [0.2, 0.25) is 0 Å². The van der Waals surface area contributed by atoms with Crippen LogP contribution in [0.25, 0.3) is 53.6 Å². The van der Waals surface area contributed by atoms with Crippen LogP contribution in [-0.2, 0) is 5.41 Å². The van der Waals surface area contributed by atoms with Crippen LogP contribution >= 0.6 is 23.1 Å². The Morgan fingerprint density at radius 3 is 2.07 bits per heavy atom. The number of hydrogen-bond donors (Lipinski definition) is 0. The van der Waals surface area contributed by atoms with Crippen molar-refractivity contribution in [1.82, 2.24) is 0 Å². The molecule has 1 aromatic heterocycles. The summed E-state index contributed by atoms with van der Waals surface area (Å²) in [6.07, 6.45) is 0. The highest BCUT2D eigenvalue weighted by atomic mass is 32.2. The zero-order valence-electron chi connectivity index (χ0n) is 23.3. The molecule has 0 N–H and O–H groups in total. The summed E-state index contributed by atoms with van der Waals surface area (Å²) in [5, 5.41) is 2.66. The van der Waals surface area contributed by atoms with E-state index in [2.05, 4.69) is 135 Å². The number of hydrogen-bond acceptors (Lipinski definition) is 3. The Labute approximate surface area is 253 Å². The van der Waals surface area contributed by atoms with E-state index in [-0.39, 0.29) is 5.41 Å². The molecule has 0 radical (unpaired) electrons. The molecule has 200 valence electrons. The van der Waals surface area contributed by atoms with E-state index in [9.17, 15) is 0 Å². The van der Waals surface area contributed by atoms with Crippen LogP contribution in [-0.4, -0.2) is 0 Å². The number of benzene rings is 6. The van der Waals surface area contributed by atoms with Crippen molar-refractivity contribution in [3.05, 3.63) is 132 Å². The Hall–Kier alpha value is -4.31. The summed E-state index contributed by atoms with van der Waals surface area (Å²) in [6.45, 7) is 4.64. The molecule has 0 spiro atoms. The number of ether oxygens (including phenoxy) is 1. The maximum atomic E-state index is 6.94. The summed E-state index contributed by atoms with van der Waals surface area (Å²) in [5.74, 6) is 1.94. The van der Waals surface area contributed by atoms with Crippen LogP contribution in [0.3, 0.4) is 0 Å². The first-order valence-electron chi connectivity index (χ1n) is 14.3. The fraction of sp³-hybridized carbons (Fsp3) is 0.0769. The smallest absolute Gasteiger partial charge is 0.149 e. The molecule has 1 nitrogen and oxygen atoms in total. The lowest BCUT2D eigenvalue weighted by Crippen LogP contribution is -2.15. The first kappa shape index (κ1) is 24.3. The molecule has 0 fully saturated rings. The first-order chi connectivity index (χ1) is 20.6. The van der Waals surface area contributed by atoms with E-state index in [1.807, 2.05) is 23.1 Å². The van der Waals surface area contributed by atoms with Crippen molar-refractivity contribution in [2.24, 2.45) is 0 Å². The van der Waals surface area contributed by atoms with Gasteiger partial charge in [0.25, 0.3) is 0 Å². The number of fused-ring (bicyclic) bond motifs is 9. The minimum atomic E-state index is -0.0537. The molecule has 0 atom stereocenters. The predicted molar refractivity (Wildman–Crippen MR) is 178 cm³/mol. The lowest BCUT2D eigenvalue weighted by molar-refractivity contribution is 0.457. The third kappa shape index (κ3) is 3.38. The molecule has 42 heavy (non-hydrogen) atoms. The second-order valence-corrected chi connectivity index (χ2v) is 13.8. The van der Waals surface area contributed by atoms with Crippen LogP contribution in [0.5, 0.6) is 11.5 Å². The Bertz CT molecular complexity index is 2220. The molecule has 0 amide bonds. The van der Waals surface area contributed by atoms with Gasteiger partial charge in [-0.15, -0.1) is 11.3 Å². The fourth-order valence-electron chi connectivity index (χ4n) is 6.88. The van der Waals surface area contributed by atoms with E-state index < -0.39 is 0 Å². The monoisotopic (exact) mass is 574 g/mol. The lowest BCUT2D eigenvalue weighted by Gasteiger charge is -2.26. The standard InChI is InChI=1S/C39H26OS2/c1-39(2)30-14-5-3-10-29(30)35-31(39)21-22-34-37(35)40-36-25(11-8-16-33(36)41-34)23-17-19-24(20-18-23)26-12-7-13-28-27-9-4-6-15-32(27)42-38(26)28/h3-22H,1-2H3. The summed E-state index contributed by atoms with van der Waals surface area (Å²) in [7, 11) is 0. The highest BCUT2D eigenvalue weighted by Gasteiger charge is 2.39. The molecule has 1 aliphatic heterocycles. The molecule has 7 aromatic rings. The summed E-state index contributed by atoms with van der Waals surface area (Å²) in [5.41, 5.74) is 9.99. The van der Waals surface area contributed by atoms with E-state index >= 15 is 0 Å². The van der Waals surface area contributed by atoms with E-state index in [0.29, 0.717) is 0 Å². The molecular weight excluding hydrogens is 549 g/mol. The minimum absolute atomic E-state index is 0.0537. The van der Waals surface area contributed by atoms with Gasteiger partial charge in [-0.05, 0) is 51.6 Å². The second kappa shape index (κ2) is 8.84. The number of rotatable bonds is 2. The lowest BCUT2D eigenvalue weighted by atomic mass is 9.82. The van der Waals surface area contributed by atoms with Crippen molar-refractivity contribution in [2.75, 3.05) is 0 Å². The second-order valence-electron chi connectivity index (χ2n) is 11.7. The molecule has 6 aromatic carbocycles. The van der Waals surface area contributed by atoms with Gasteiger partial charge in [0.2, 0.25) is 0 Å². The average Bonchev–Trinajstić information content (AvgIpc) is 3.52. The van der Waals surface area contributed by atoms with Gasteiger partial charge in [-0.2, -0.15) is 0 Å². The van der Waals surface area contributed by atoms with Crippen molar-refractivity contribution in [3.8, 4) is 44.9 Å². The van der Waals surface area contributed by atoms with Crippen LogP contribution in [0, 0.1) is 0 Å². The van der Waals surface area contributed by atoms with Crippen molar-refractivity contribution < 1.29 is 4.74 Å². The zero-order valence-corrected chi connectivity index (χ0v) is 24.9. The van der Waals surface area contributed by atoms with E-state index in [1.54, 1.807) is 0 Å². The number of thiophene rings is 1. The van der Waals surface area contributed by atoms with E-state index in [0.717, 1.165) is 27.5 Å². The average molecular weight is 575 g/mol. The van der Waals surface area contributed by atoms with Crippen molar-refractivity contribution in [1.29, 1.82) is 0 Å².